The van der Waals surface area contributed by atoms with Crippen molar-refractivity contribution in [2.24, 2.45) is 0 Å². The summed E-state index contributed by atoms with van der Waals surface area (Å²) in [5.41, 5.74) is 1.26. The van der Waals surface area contributed by atoms with E-state index in [1.54, 1.807) is 7.11 Å². The molecule has 0 saturated heterocycles. The van der Waals surface area contributed by atoms with Crippen LogP contribution in [0.5, 0.6) is 5.75 Å². The van der Waals surface area contributed by atoms with Gasteiger partial charge in [-0.3, -0.25) is 0 Å². The lowest BCUT2D eigenvalue weighted by atomic mass is 10.1. The molecule has 0 spiro atoms. The molecule has 2 unspecified atom stereocenters. The zero-order chi connectivity index (χ0) is 12.1. The van der Waals surface area contributed by atoms with Crippen LogP contribution in [0, 0.1) is 0 Å². The predicted octanol–water partition coefficient (Wildman–Crippen LogP) is 0.587. The van der Waals surface area contributed by atoms with Crippen LogP contribution in [0.1, 0.15) is 5.56 Å². The number of aliphatic hydroxyl groups is 1. The number of hydrogen-bond acceptors (Lipinski definition) is 4. The molecule has 1 aliphatic heterocycles. The molecule has 0 aromatic heterocycles. The van der Waals surface area contributed by atoms with Gasteiger partial charge in [-0.2, -0.15) is 0 Å². The Balaban J connectivity index is 1.79. The van der Waals surface area contributed by atoms with Gasteiger partial charge in [0.1, 0.15) is 11.9 Å². The first kappa shape index (κ1) is 12.4. The Hall–Kier alpha value is -1.10. The smallest absolute Gasteiger partial charge is 0.123 e. The lowest BCUT2D eigenvalue weighted by Gasteiger charge is -2.18. The van der Waals surface area contributed by atoms with Crippen LogP contribution in [-0.4, -0.2) is 44.1 Å². The second-order valence-electron chi connectivity index (χ2n) is 4.29. The van der Waals surface area contributed by atoms with E-state index in [9.17, 15) is 0 Å². The van der Waals surface area contributed by atoms with Gasteiger partial charge in [0.25, 0.3) is 0 Å². The minimum atomic E-state index is -0.0210. The molecule has 0 radical (unpaired) electrons. The third kappa shape index (κ3) is 3.19. The molecule has 17 heavy (non-hydrogen) atoms. The Kier molecular flexibility index (Phi) is 4.36. The van der Waals surface area contributed by atoms with Gasteiger partial charge in [0.05, 0.1) is 19.3 Å². The molecule has 0 saturated carbocycles. The summed E-state index contributed by atoms with van der Waals surface area (Å²) >= 11 is 0. The van der Waals surface area contributed by atoms with E-state index in [1.165, 1.54) is 5.56 Å². The highest BCUT2D eigenvalue weighted by molar-refractivity contribution is 5.37. The van der Waals surface area contributed by atoms with E-state index in [2.05, 4.69) is 11.4 Å². The molecule has 0 amide bonds. The molecular formula is C13H19NO3. The fourth-order valence-electron chi connectivity index (χ4n) is 2.04. The van der Waals surface area contributed by atoms with Gasteiger partial charge >= 0.3 is 0 Å². The van der Waals surface area contributed by atoms with Crippen LogP contribution in [0.4, 0.5) is 0 Å². The number of benzene rings is 1. The minimum Gasteiger partial charge on any atom is -0.488 e. The van der Waals surface area contributed by atoms with E-state index in [-0.39, 0.29) is 18.8 Å². The zero-order valence-electron chi connectivity index (χ0n) is 10.1. The van der Waals surface area contributed by atoms with Gasteiger partial charge in [-0.25, -0.2) is 0 Å². The van der Waals surface area contributed by atoms with E-state index in [1.807, 2.05) is 18.2 Å². The molecule has 0 bridgehead atoms. The van der Waals surface area contributed by atoms with Gasteiger partial charge in [-0.05, 0) is 11.6 Å². The summed E-state index contributed by atoms with van der Waals surface area (Å²) < 4.78 is 10.8. The van der Waals surface area contributed by atoms with Gasteiger partial charge in [0.2, 0.25) is 0 Å². The number of methoxy groups -OCH3 is 1. The molecular weight excluding hydrogens is 218 g/mol. The number of nitrogens with one attached hydrogen (secondary N) is 1. The van der Waals surface area contributed by atoms with E-state index in [0.717, 1.165) is 18.7 Å². The lowest BCUT2D eigenvalue weighted by molar-refractivity contribution is 0.119. The molecule has 1 aliphatic rings. The number of fused-ring (bicyclic) bond motifs is 1. The fraction of sp³-hybridized carbons (Fsp3) is 0.538. The zero-order valence-corrected chi connectivity index (χ0v) is 10.1. The van der Waals surface area contributed by atoms with Crippen molar-refractivity contribution in [3.63, 3.8) is 0 Å². The number of hydrogen-bond donors (Lipinski definition) is 2. The van der Waals surface area contributed by atoms with E-state index < -0.39 is 0 Å². The van der Waals surface area contributed by atoms with E-state index >= 15 is 0 Å². The second-order valence-corrected chi connectivity index (χ2v) is 4.29. The van der Waals surface area contributed by atoms with Gasteiger partial charge in [0.15, 0.2) is 0 Å². The molecule has 94 valence electrons. The maximum absolute atomic E-state index is 9.12. The Bertz CT molecular complexity index is 331. The second kappa shape index (κ2) is 6.00. The topological polar surface area (TPSA) is 50.7 Å². The number of aliphatic hydroxyl groups excluding tert-OH is 1. The summed E-state index contributed by atoms with van der Waals surface area (Å²) in [6.07, 6.45) is 1.08. The predicted molar refractivity (Wildman–Crippen MR) is 65.3 cm³/mol. The monoisotopic (exact) mass is 237 g/mol. The van der Waals surface area contributed by atoms with Crippen molar-refractivity contribution in [2.45, 2.75) is 18.6 Å². The average molecular weight is 237 g/mol. The van der Waals surface area contributed by atoms with Gasteiger partial charge in [-0.1, -0.05) is 18.2 Å². The minimum absolute atomic E-state index is 0.0210. The highest BCUT2D eigenvalue weighted by Gasteiger charge is 2.22. The summed E-state index contributed by atoms with van der Waals surface area (Å²) in [6.45, 7) is 1.31. The third-order valence-corrected chi connectivity index (χ3v) is 2.94. The van der Waals surface area contributed by atoms with Crippen LogP contribution < -0.4 is 10.1 Å². The van der Waals surface area contributed by atoms with Gasteiger partial charge in [-0.15, -0.1) is 0 Å². The Morgan fingerprint density at radius 2 is 2.35 bits per heavy atom. The quantitative estimate of drug-likeness (QED) is 0.760. The number of rotatable bonds is 6. The normalized spacial score (nSPS) is 19.8. The molecule has 1 aromatic carbocycles. The summed E-state index contributed by atoms with van der Waals surface area (Å²) in [5, 5.41) is 12.4. The molecule has 1 aromatic rings. The fourth-order valence-corrected chi connectivity index (χ4v) is 2.04. The SMILES string of the molecule is COCC(CO)NCC1Cc2ccccc2O1. The molecule has 1 heterocycles. The highest BCUT2D eigenvalue weighted by atomic mass is 16.5. The van der Waals surface area contributed by atoms with Crippen LogP contribution in [0.15, 0.2) is 24.3 Å². The molecule has 2 rings (SSSR count). The van der Waals surface area contributed by atoms with Gasteiger partial charge < -0.3 is 19.9 Å². The van der Waals surface area contributed by atoms with Crippen molar-refractivity contribution in [2.75, 3.05) is 26.9 Å². The van der Waals surface area contributed by atoms with Crippen molar-refractivity contribution >= 4 is 0 Å². The van der Waals surface area contributed by atoms with Crippen molar-refractivity contribution in [1.82, 2.24) is 5.32 Å². The van der Waals surface area contributed by atoms with Crippen LogP contribution in [0.2, 0.25) is 0 Å². The first-order valence-electron chi connectivity index (χ1n) is 5.91. The number of para-hydroxylation sites is 1. The number of ether oxygens (including phenoxy) is 2. The van der Waals surface area contributed by atoms with Crippen LogP contribution in [-0.2, 0) is 11.2 Å². The summed E-state index contributed by atoms with van der Waals surface area (Å²) in [4.78, 5) is 0. The first-order valence-corrected chi connectivity index (χ1v) is 5.91. The maximum atomic E-state index is 9.12. The standard InChI is InChI=1S/C13H19NO3/c1-16-9-11(8-15)14-7-12-6-10-4-2-3-5-13(10)17-12/h2-5,11-12,14-15H,6-9H2,1H3. The Morgan fingerprint density at radius 1 is 1.53 bits per heavy atom. The summed E-state index contributed by atoms with van der Waals surface area (Å²) in [7, 11) is 1.63. The van der Waals surface area contributed by atoms with Crippen LogP contribution in [0.25, 0.3) is 0 Å². The Morgan fingerprint density at radius 3 is 3.06 bits per heavy atom. The molecule has 0 aliphatic carbocycles. The highest BCUT2D eigenvalue weighted by Crippen LogP contribution is 2.27. The van der Waals surface area contributed by atoms with Crippen molar-refractivity contribution in [3.8, 4) is 5.75 Å². The van der Waals surface area contributed by atoms with Gasteiger partial charge in [0, 0.05) is 20.1 Å². The molecule has 4 nitrogen and oxygen atoms in total. The first-order chi connectivity index (χ1) is 8.33. The molecule has 2 atom stereocenters. The van der Waals surface area contributed by atoms with E-state index in [4.69, 9.17) is 14.6 Å². The van der Waals surface area contributed by atoms with Crippen LogP contribution >= 0.6 is 0 Å². The molecule has 2 N–H and O–H groups in total. The maximum Gasteiger partial charge on any atom is 0.123 e. The Labute approximate surface area is 102 Å². The summed E-state index contributed by atoms with van der Waals surface area (Å²) in [6, 6.07) is 8.07. The third-order valence-electron chi connectivity index (χ3n) is 2.94. The van der Waals surface area contributed by atoms with Crippen molar-refractivity contribution < 1.29 is 14.6 Å². The molecule has 0 fully saturated rings. The molecule has 4 heteroatoms. The van der Waals surface area contributed by atoms with Crippen LogP contribution in [0.3, 0.4) is 0 Å². The summed E-state index contributed by atoms with van der Waals surface area (Å²) in [5.74, 6) is 0.978. The van der Waals surface area contributed by atoms with Crippen molar-refractivity contribution in [3.05, 3.63) is 29.8 Å². The van der Waals surface area contributed by atoms with Crippen molar-refractivity contribution in [1.29, 1.82) is 0 Å². The average Bonchev–Trinajstić information content (AvgIpc) is 2.77. The largest absolute Gasteiger partial charge is 0.488 e. The lowest BCUT2D eigenvalue weighted by Crippen LogP contribution is -2.42. The van der Waals surface area contributed by atoms with E-state index in [0.29, 0.717) is 6.61 Å².